The second-order valence-corrected chi connectivity index (χ2v) is 5.62. The first kappa shape index (κ1) is 19.1. The van der Waals surface area contributed by atoms with Crippen LogP contribution in [0.3, 0.4) is 0 Å². The molecule has 0 aliphatic rings. The van der Waals surface area contributed by atoms with Crippen molar-refractivity contribution in [2.45, 2.75) is 6.18 Å². The first-order valence-corrected chi connectivity index (χ1v) is 7.70. The molecule has 4 nitrogen and oxygen atoms in total. The van der Waals surface area contributed by atoms with E-state index in [1.54, 1.807) is 0 Å². The Labute approximate surface area is 152 Å². The van der Waals surface area contributed by atoms with Gasteiger partial charge < -0.3 is 20.1 Å². The van der Waals surface area contributed by atoms with Gasteiger partial charge in [-0.25, -0.2) is 0 Å². The molecule has 0 amide bonds. The highest BCUT2D eigenvalue weighted by molar-refractivity contribution is 7.80. The Morgan fingerprint density at radius 1 is 1.00 bits per heavy atom. The molecule has 0 saturated heterocycles. The average Bonchev–Trinajstić information content (AvgIpc) is 2.55. The molecular formula is C16H14ClF3N2O2S. The Bertz CT molecular complexity index is 784. The van der Waals surface area contributed by atoms with Crippen molar-refractivity contribution in [3.05, 3.63) is 47.0 Å². The highest BCUT2D eigenvalue weighted by atomic mass is 35.5. The quantitative estimate of drug-likeness (QED) is 0.704. The maximum Gasteiger partial charge on any atom is 0.418 e. The van der Waals surface area contributed by atoms with Crippen LogP contribution in [0.25, 0.3) is 0 Å². The number of anilines is 2. The molecule has 0 aliphatic carbocycles. The van der Waals surface area contributed by atoms with Gasteiger partial charge in [0, 0.05) is 12.1 Å². The molecule has 0 heterocycles. The number of thiocarbonyl (C=S) groups is 1. The number of benzene rings is 2. The molecule has 0 fully saturated rings. The topological polar surface area (TPSA) is 42.5 Å². The maximum atomic E-state index is 13.0. The van der Waals surface area contributed by atoms with E-state index in [1.807, 2.05) is 0 Å². The number of hydrogen-bond donors (Lipinski definition) is 2. The smallest absolute Gasteiger partial charge is 0.418 e. The largest absolute Gasteiger partial charge is 0.495 e. The van der Waals surface area contributed by atoms with Gasteiger partial charge in [0.05, 0.1) is 36.2 Å². The second-order valence-electron chi connectivity index (χ2n) is 4.81. The van der Waals surface area contributed by atoms with Crippen molar-refractivity contribution < 1.29 is 22.6 Å². The fourth-order valence-electron chi connectivity index (χ4n) is 2.07. The molecule has 2 N–H and O–H groups in total. The summed E-state index contributed by atoms with van der Waals surface area (Å²) in [4.78, 5) is 0. The Kier molecular flexibility index (Phi) is 5.97. The van der Waals surface area contributed by atoms with Crippen LogP contribution in [0.2, 0.25) is 5.02 Å². The van der Waals surface area contributed by atoms with Crippen LogP contribution in [0, 0.1) is 0 Å². The van der Waals surface area contributed by atoms with E-state index in [0.717, 1.165) is 6.07 Å². The summed E-state index contributed by atoms with van der Waals surface area (Å²) in [5.74, 6) is 0.725. The third-order valence-corrected chi connectivity index (χ3v) is 3.70. The van der Waals surface area contributed by atoms with Gasteiger partial charge in [0.15, 0.2) is 5.11 Å². The molecule has 25 heavy (non-hydrogen) atoms. The van der Waals surface area contributed by atoms with Crippen LogP contribution >= 0.6 is 23.8 Å². The molecule has 2 rings (SSSR count). The summed E-state index contributed by atoms with van der Waals surface area (Å²) >= 11 is 11.1. The number of ether oxygens (including phenoxy) is 2. The molecule has 0 aromatic heterocycles. The maximum absolute atomic E-state index is 13.0. The van der Waals surface area contributed by atoms with E-state index >= 15 is 0 Å². The highest BCUT2D eigenvalue weighted by Gasteiger charge is 2.33. The zero-order valence-electron chi connectivity index (χ0n) is 13.2. The van der Waals surface area contributed by atoms with Gasteiger partial charge in [-0.3, -0.25) is 0 Å². The summed E-state index contributed by atoms with van der Waals surface area (Å²) in [6, 6.07) is 8.08. The number of rotatable bonds is 4. The van der Waals surface area contributed by atoms with Gasteiger partial charge in [-0.2, -0.15) is 13.2 Å². The van der Waals surface area contributed by atoms with Gasteiger partial charge in [-0.1, -0.05) is 23.7 Å². The van der Waals surface area contributed by atoms with Crippen molar-refractivity contribution in [3.8, 4) is 11.5 Å². The molecular weight excluding hydrogens is 377 g/mol. The van der Waals surface area contributed by atoms with Gasteiger partial charge in [-0.15, -0.1) is 0 Å². The fraction of sp³-hybridized carbons (Fsp3) is 0.188. The SMILES string of the molecule is COc1cc(NC(=S)Nc2ccccc2C(F)(F)F)c(OC)cc1Cl. The lowest BCUT2D eigenvalue weighted by atomic mass is 10.1. The van der Waals surface area contributed by atoms with Gasteiger partial charge >= 0.3 is 6.18 Å². The number of methoxy groups -OCH3 is 2. The zero-order valence-corrected chi connectivity index (χ0v) is 14.8. The number of para-hydroxylation sites is 1. The van der Waals surface area contributed by atoms with Crippen LogP contribution in [0.15, 0.2) is 36.4 Å². The monoisotopic (exact) mass is 390 g/mol. The molecule has 9 heteroatoms. The predicted molar refractivity (Wildman–Crippen MR) is 95.8 cm³/mol. The van der Waals surface area contributed by atoms with Crippen LogP contribution in [-0.2, 0) is 6.18 Å². The van der Waals surface area contributed by atoms with Crippen LogP contribution in [0.1, 0.15) is 5.56 Å². The lowest BCUT2D eigenvalue weighted by Gasteiger charge is -2.17. The van der Waals surface area contributed by atoms with E-state index in [1.165, 1.54) is 44.6 Å². The summed E-state index contributed by atoms with van der Waals surface area (Å²) in [6.07, 6.45) is -4.50. The molecule has 134 valence electrons. The fourth-order valence-corrected chi connectivity index (χ4v) is 2.52. The molecule has 2 aromatic rings. The molecule has 0 unspecified atom stereocenters. The number of halogens is 4. The normalized spacial score (nSPS) is 11.0. The molecule has 2 aromatic carbocycles. The van der Waals surface area contributed by atoms with Crippen molar-refractivity contribution in [1.29, 1.82) is 0 Å². The van der Waals surface area contributed by atoms with Crippen molar-refractivity contribution in [3.63, 3.8) is 0 Å². The summed E-state index contributed by atoms with van der Waals surface area (Å²) < 4.78 is 49.4. The van der Waals surface area contributed by atoms with E-state index in [2.05, 4.69) is 10.6 Å². The Morgan fingerprint density at radius 3 is 2.20 bits per heavy atom. The van der Waals surface area contributed by atoms with E-state index < -0.39 is 11.7 Å². The van der Waals surface area contributed by atoms with E-state index in [4.69, 9.17) is 33.3 Å². The highest BCUT2D eigenvalue weighted by Crippen LogP contribution is 2.37. The van der Waals surface area contributed by atoms with Gasteiger partial charge in [0.2, 0.25) is 0 Å². The van der Waals surface area contributed by atoms with Gasteiger partial charge in [0.25, 0.3) is 0 Å². The van der Waals surface area contributed by atoms with Crippen molar-refractivity contribution >= 4 is 40.3 Å². The average molecular weight is 391 g/mol. The molecule has 0 saturated carbocycles. The minimum absolute atomic E-state index is 0.0422. The number of nitrogens with one attached hydrogen (secondary N) is 2. The van der Waals surface area contributed by atoms with Crippen LogP contribution in [0.4, 0.5) is 24.5 Å². The van der Waals surface area contributed by atoms with E-state index in [0.29, 0.717) is 22.2 Å². The lowest BCUT2D eigenvalue weighted by molar-refractivity contribution is -0.136. The Hall–Kier alpha value is -2.19. The Morgan fingerprint density at radius 2 is 1.60 bits per heavy atom. The van der Waals surface area contributed by atoms with Crippen LogP contribution in [0.5, 0.6) is 11.5 Å². The second kappa shape index (κ2) is 7.79. The number of alkyl halides is 3. The summed E-state index contributed by atoms with van der Waals surface area (Å²) in [7, 11) is 2.87. The van der Waals surface area contributed by atoms with Gasteiger partial charge in [-0.05, 0) is 24.4 Å². The third-order valence-electron chi connectivity index (χ3n) is 3.20. The molecule has 0 aliphatic heterocycles. The molecule has 0 radical (unpaired) electrons. The number of hydrogen-bond acceptors (Lipinski definition) is 3. The summed E-state index contributed by atoms with van der Waals surface area (Å²) in [5.41, 5.74) is -0.585. The van der Waals surface area contributed by atoms with Gasteiger partial charge in [0.1, 0.15) is 11.5 Å². The van der Waals surface area contributed by atoms with Crippen LogP contribution in [-0.4, -0.2) is 19.3 Å². The summed E-state index contributed by atoms with van der Waals surface area (Å²) in [5, 5.41) is 5.60. The molecule has 0 atom stereocenters. The first-order valence-electron chi connectivity index (χ1n) is 6.92. The first-order chi connectivity index (χ1) is 11.8. The Balaban J connectivity index is 2.25. The standard InChI is InChI=1S/C16H14ClF3N2O2S/c1-23-13-8-12(14(24-2)7-10(13)17)22-15(25)21-11-6-4-3-5-9(11)16(18,19)20/h3-8H,1-2H3,(H2,21,22,25). The minimum atomic E-state index is -4.50. The molecule has 0 bridgehead atoms. The predicted octanol–water partition coefficient (Wildman–Crippen LogP) is 5.18. The summed E-state index contributed by atoms with van der Waals surface area (Å²) in [6.45, 7) is 0. The van der Waals surface area contributed by atoms with Crippen molar-refractivity contribution in [2.24, 2.45) is 0 Å². The van der Waals surface area contributed by atoms with Crippen LogP contribution < -0.4 is 20.1 Å². The van der Waals surface area contributed by atoms with Crippen molar-refractivity contribution in [1.82, 2.24) is 0 Å². The van der Waals surface area contributed by atoms with E-state index in [9.17, 15) is 13.2 Å². The van der Waals surface area contributed by atoms with Crippen molar-refractivity contribution in [2.75, 3.05) is 24.9 Å². The van der Waals surface area contributed by atoms with E-state index in [-0.39, 0.29) is 10.8 Å². The molecule has 0 spiro atoms. The lowest BCUT2D eigenvalue weighted by Crippen LogP contribution is -2.22. The minimum Gasteiger partial charge on any atom is -0.495 e. The zero-order chi connectivity index (χ0) is 18.6. The third kappa shape index (κ3) is 4.67.